The fourth-order valence-electron chi connectivity index (χ4n) is 2.75. The van der Waals surface area contributed by atoms with Crippen LogP contribution in [0.15, 0.2) is 77.7 Å². The van der Waals surface area contributed by atoms with Crippen molar-refractivity contribution in [2.75, 3.05) is 23.7 Å². The third-order valence-electron chi connectivity index (χ3n) is 4.43. The van der Waals surface area contributed by atoms with Crippen LogP contribution < -0.4 is 14.9 Å². The Morgan fingerprint density at radius 3 is 2.33 bits per heavy atom. The number of nitrogens with one attached hydrogen (secondary N) is 2. The van der Waals surface area contributed by atoms with Gasteiger partial charge in [0, 0.05) is 31.9 Å². The number of hydrogen-bond donors (Lipinski definition) is 2. The molecule has 3 aromatic carbocycles. The number of nitrogens with zero attached hydrogens (tertiary/aromatic N) is 1. The van der Waals surface area contributed by atoms with E-state index in [0.717, 1.165) is 11.3 Å². The van der Waals surface area contributed by atoms with Crippen molar-refractivity contribution in [3.8, 4) is 0 Å². The van der Waals surface area contributed by atoms with Crippen LogP contribution in [0.3, 0.4) is 0 Å². The Bertz CT molecular complexity index is 1150. The minimum atomic E-state index is -3.89. The molecule has 0 aromatic heterocycles. The number of rotatable bonds is 7. The van der Waals surface area contributed by atoms with Crippen LogP contribution in [0.4, 0.5) is 11.4 Å². The molecule has 8 heteroatoms. The molecule has 0 unspecified atom stereocenters. The second-order valence-corrected chi connectivity index (χ2v) is 8.95. The van der Waals surface area contributed by atoms with Gasteiger partial charge in [0.25, 0.3) is 15.9 Å². The number of para-hydroxylation sites is 1. The van der Waals surface area contributed by atoms with Gasteiger partial charge in [0.1, 0.15) is 0 Å². The molecule has 0 aliphatic rings. The van der Waals surface area contributed by atoms with Gasteiger partial charge in [0.2, 0.25) is 0 Å². The minimum Gasteiger partial charge on any atom is -0.378 e. The summed E-state index contributed by atoms with van der Waals surface area (Å²) in [4.78, 5) is 14.5. The lowest BCUT2D eigenvalue weighted by atomic mass is 10.1. The van der Waals surface area contributed by atoms with E-state index in [1.54, 1.807) is 30.3 Å². The number of carbonyl (C=O) groups excluding carboxylic acids is 1. The van der Waals surface area contributed by atoms with Gasteiger partial charge in [-0.2, -0.15) is 0 Å². The van der Waals surface area contributed by atoms with Gasteiger partial charge >= 0.3 is 0 Å². The fraction of sp³-hybridized carbons (Fsp3) is 0.136. The Kier molecular flexibility index (Phi) is 6.64. The van der Waals surface area contributed by atoms with Crippen LogP contribution in [0.25, 0.3) is 0 Å². The molecule has 0 atom stereocenters. The third kappa shape index (κ3) is 5.31. The number of hydrogen-bond acceptors (Lipinski definition) is 4. The van der Waals surface area contributed by atoms with E-state index in [-0.39, 0.29) is 27.1 Å². The molecule has 156 valence electrons. The first-order chi connectivity index (χ1) is 14.3. The van der Waals surface area contributed by atoms with Crippen LogP contribution in [-0.4, -0.2) is 28.4 Å². The molecule has 0 saturated heterocycles. The molecule has 0 heterocycles. The molecule has 0 radical (unpaired) electrons. The van der Waals surface area contributed by atoms with E-state index in [4.69, 9.17) is 11.6 Å². The van der Waals surface area contributed by atoms with Gasteiger partial charge in [0.05, 0.1) is 15.6 Å². The Morgan fingerprint density at radius 2 is 1.67 bits per heavy atom. The summed E-state index contributed by atoms with van der Waals surface area (Å²) in [5.74, 6) is -0.360. The van der Waals surface area contributed by atoms with Crippen molar-refractivity contribution in [3.05, 3.63) is 88.9 Å². The predicted molar refractivity (Wildman–Crippen MR) is 121 cm³/mol. The fourth-order valence-corrected chi connectivity index (χ4v) is 4.11. The third-order valence-corrected chi connectivity index (χ3v) is 6.12. The first-order valence-electron chi connectivity index (χ1n) is 9.18. The zero-order valence-corrected chi connectivity index (χ0v) is 18.2. The van der Waals surface area contributed by atoms with Crippen molar-refractivity contribution < 1.29 is 13.2 Å². The predicted octanol–water partition coefficient (Wildman–Crippen LogP) is 4.14. The summed E-state index contributed by atoms with van der Waals surface area (Å²) in [6.45, 7) is 0.335. The van der Waals surface area contributed by atoms with Crippen LogP contribution in [0.1, 0.15) is 15.9 Å². The van der Waals surface area contributed by atoms with Crippen molar-refractivity contribution >= 4 is 38.9 Å². The Balaban J connectivity index is 1.71. The zero-order chi connectivity index (χ0) is 21.7. The van der Waals surface area contributed by atoms with Crippen molar-refractivity contribution in [3.63, 3.8) is 0 Å². The highest BCUT2D eigenvalue weighted by atomic mass is 35.5. The van der Waals surface area contributed by atoms with E-state index in [9.17, 15) is 13.2 Å². The van der Waals surface area contributed by atoms with Crippen molar-refractivity contribution in [2.24, 2.45) is 0 Å². The maximum absolute atomic E-state index is 12.7. The summed E-state index contributed by atoms with van der Waals surface area (Å²) in [5.41, 5.74) is 2.53. The lowest BCUT2D eigenvalue weighted by Gasteiger charge is -2.13. The summed E-state index contributed by atoms with van der Waals surface area (Å²) in [5, 5.41) is 3.10. The van der Waals surface area contributed by atoms with E-state index in [0.29, 0.717) is 6.54 Å². The van der Waals surface area contributed by atoms with Gasteiger partial charge in [-0.05, 0) is 48.0 Å². The minimum absolute atomic E-state index is 0.0228. The molecule has 0 aliphatic carbocycles. The van der Waals surface area contributed by atoms with Crippen LogP contribution in [0.2, 0.25) is 5.02 Å². The van der Waals surface area contributed by atoms with E-state index in [2.05, 4.69) is 10.0 Å². The molecular formula is C22H22ClN3O3S. The summed E-state index contributed by atoms with van der Waals surface area (Å²) in [6.07, 6.45) is 0. The summed E-state index contributed by atoms with van der Waals surface area (Å²) in [6, 6.07) is 20.2. The lowest BCUT2D eigenvalue weighted by Crippen LogP contribution is -2.23. The van der Waals surface area contributed by atoms with E-state index < -0.39 is 10.0 Å². The standard InChI is InChI=1S/C22H22ClN3O3S/c1-26(2)18-12-10-16(11-13-18)15-24-22(27)17-6-5-7-19(14-17)30(28,29)25-21-9-4-3-8-20(21)23/h3-14,25H,15H2,1-2H3,(H,24,27). The van der Waals surface area contributed by atoms with E-state index in [1.807, 2.05) is 43.3 Å². The highest BCUT2D eigenvalue weighted by Gasteiger charge is 2.17. The SMILES string of the molecule is CN(C)c1ccc(CNC(=O)c2cccc(S(=O)(=O)Nc3ccccc3Cl)c2)cc1. The molecule has 0 bridgehead atoms. The molecular weight excluding hydrogens is 422 g/mol. The molecule has 3 aromatic rings. The summed E-state index contributed by atoms with van der Waals surface area (Å²) >= 11 is 6.03. The molecule has 0 fully saturated rings. The van der Waals surface area contributed by atoms with Crippen molar-refractivity contribution in [2.45, 2.75) is 11.4 Å². The van der Waals surface area contributed by atoms with Crippen LogP contribution in [0, 0.1) is 0 Å². The van der Waals surface area contributed by atoms with E-state index >= 15 is 0 Å². The van der Waals surface area contributed by atoms with Crippen LogP contribution in [0.5, 0.6) is 0 Å². The van der Waals surface area contributed by atoms with Crippen molar-refractivity contribution in [1.29, 1.82) is 0 Å². The molecule has 1 amide bonds. The maximum atomic E-state index is 12.7. The molecule has 2 N–H and O–H groups in total. The Morgan fingerprint density at radius 1 is 0.967 bits per heavy atom. The van der Waals surface area contributed by atoms with Gasteiger partial charge in [-0.15, -0.1) is 0 Å². The molecule has 0 aliphatic heterocycles. The molecule has 6 nitrogen and oxygen atoms in total. The number of benzene rings is 3. The number of halogens is 1. The number of amides is 1. The zero-order valence-electron chi connectivity index (χ0n) is 16.6. The van der Waals surface area contributed by atoms with Gasteiger partial charge in [-0.3, -0.25) is 9.52 Å². The average Bonchev–Trinajstić information content (AvgIpc) is 2.74. The van der Waals surface area contributed by atoms with Crippen LogP contribution in [-0.2, 0) is 16.6 Å². The average molecular weight is 444 g/mol. The Hall–Kier alpha value is -3.03. The molecule has 30 heavy (non-hydrogen) atoms. The van der Waals surface area contributed by atoms with Gasteiger partial charge in [-0.1, -0.05) is 41.9 Å². The lowest BCUT2D eigenvalue weighted by molar-refractivity contribution is 0.0950. The summed E-state index contributed by atoms with van der Waals surface area (Å²) in [7, 11) is 0.0225. The van der Waals surface area contributed by atoms with Crippen molar-refractivity contribution in [1.82, 2.24) is 5.32 Å². The van der Waals surface area contributed by atoms with Gasteiger partial charge in [0.15, 0.2) is 0 Å². The second kappa shape index (κ2) is 9.19. The monoisotopic (exact) mass is 443 g/mol. The first kappa shape index (κ1) is 21.7. The van der Waals surface area contributed by atoms with Gasteiger partial charge in [-0.25, -0.2) is 8.42 Å². The van der Waals surface area contributed by atoms with E-state index in [1.165, 1.54) is 18.2 Å². The quantitative estimate of drug-likeness (QED) is 0.575. The highest BCUT2D eigenvalue weighted by molar-refractivity contribution is 7.92. The molecule has 0 spiro atoms. The largest absolute Gasteiger partial charge is 0.378 e. The second-order valence-electron chi connectivity index (χ2n) is 6.86. The smallest absolute Gasteiger partial charge is 0.261 e. The topological polar surface area (TPSA) is 78.5 Å². The molecule has 3 rings (SSSR count). The normalized spacial score (nSPS) is 11.0. The Labute approximate surface area is 181 Å². The number of anilines is 2. The number of sulfonamides is 1. The number of carbonyl (C=O) groups is 1. The summed E-state index contributed by atoms with van der Waals surface area (Å²) < 4.78 is 27.8. The highest BCUT2D eigenvalue weighted by Crippen LogP contribution is 2.24. The first-order valence-corrected chi connectivity index (χ1v) is 11.0. The molecule has 0 saturated carbocycles. The maximum Gasteiger partial charge on any atom is 0.261 e. The van der Waals surface area contributed by atoms with Crippen LogP contribution >= 0.6 is 11.6 Å². The van der Waals surface area contributed by atoms with Gasteiger partial charge < -0.3 is 10.2 Å².